The van der Waals surface area contributed by atoms with Crippen LogP contribution in [0.3, 0.4) is 0 Å². The first-order valence-corrected chi connectivity index (χ1v) is 7.09. The lowest BCUT2D eigenvalue weighted by Crippen LogP contribution is -2.25. The first-order valence-electron chi connectivity index (χ1n) is 6.11. The number of ether oxygens (including phenoxy) is 1. The van der Waals surface area contributed by atoms with Gasteiger partial charge in [0.15, 0.2) is 5.03 Å². The molecule has 1 aromatic rings. The van der Waals surface area contributed by atoms with Gasteiger partial charge in [0.2, 0.25) is 0 Å². The van der Waals surface area contributed by atoms with Crippen molar-refractivity contribution in [1.82, 2.24) is 15.2 Å². The molecule has 106 valence electrons. The Morgan fingerprint density at radius 2 is 2.11 bits per heavy atom. The number of aromatic amines is 2. The molecular weight excluding hydrogens is 270 g/mol. The number of thioether (sulfide) groups is 1. The SMILES string of the molecule is CCCCCCOC(=O)CSc1n[nH]c(=O)[nH]c1=O. The Morgan fingerprint density at radius 1 is 1.32 bits per heavy atom. The van der Waals surface area contributed by atoms with E-state index in [1.165, 1.54) is 0 Å². The lowest BCUT2D eigenvalue weighted by Gasteiger charge is -2.03. The van der Waals surface area contributed by atoms with Crippen LogP contribution in [0.5, 0.6) is 0 Å². The summed E-state index contributed by atoms with van der Waals surface area (Å²) >= 11 is 0.933. The van der Waals surface area contributed by atoms with Crippen molar-refractivity contribution in [3.63, 3.8) is 0 Å². The van der Waals surface area contributed by atoms with Crippen molar-refractivity contribution in [1.29, 1.82) is 0 Å². The van der Waals surface area contributed by atoms with E-state index in [4.69, 9.17) is 4.74 Å². The summed E-state index contributed by atoms with van der Waals surface area (Å²) in [5.41, 5.74) is -1.28. The largest absolute Gasteiger partial charge is 0.465 e. The van der Waals surface area contributed by atoms with Crippen LogP contribution in [0.25, 0.3) is 0 Å². The van der Waals surface area contributed by atoms with Crippen LogP contribution in [0.15, 0.2) is 14.6 Å². The maximum atomic E-state index is 11.4. The van der Waals surface area contributed by atoms with Gasteiger partial charge >= 0.3 is 11.7 Å². The fourth-order valence-electron chi connectivity index (χ4n) is 1.32. The Kier molecular flexibility index (Phi) is 6.94. The van der Waals surface area contributed by atoms with E-state index >= 15 is 0 Å². The summed E-state index contributed by atoms with van der Waals surface area (Å²) in [7, 11) is 0. The summed E-state index contributed by atoms with van der Waals surface area (Å²) in [6.45, 7) is 2.51. The number of aromatic nitrogens is 3. The number of H-pyrrole nitrogens is 2. The molecule has 0 spiro atoms. The Hall–Kier alpha value is -1.57. The van der Waals surface area contributed by atoms with E-state index in [1.807, 2.05) is 4.98 Å². The summed E-state index contributed by atoms with van der Waals surface area (Å²) in [5, 5.41) is 5.69. The molecule has 0 unspecified atom stereocenters. The van der Waals surface area contributed by atoms with Crippen LogP contribution in [0.4, 0.5) is 0 Å². The van der Waals surface area contributed by atoms with Gasteiger partial charge in [-0.25, -0.2) is 9.89 Å². The highest BCUT2D eigenvalue weighted by Crippen LogP contribution is 2.08. The number of rotatable bonds is 8. The highest BCUT2D eigenvalue weighted by atomic mass is 32.2. The number of unbranched alkanes of at least 4 members (excludes halogenated alkanes) is 3. The van der Waals surface area contributed by atoms with Gasteiger partial charge in [-0.3, -0.25) is 14.6 Å². The summed E-state index contributed by atoms with van der Waals surface area (Å²) in [5.74, 6) is -0.399. The highest BCUT2D eigenvalue weighted by molar-refractivity contribution is 7.99. The molecule has 0 aromatic carbocycles. The van der Waals surface area contributed by atoms with Crippen molar-refractivity contribution in [3.05, 3.63) is 20.8 Å². The minimum Gasteiger partial charge on any atom is -0.465 e. The van der Waals surface area contributed by atoms with Crippen molar-refractivity contribution in [2.75, 3.05) is 12.4 Å². The molecule has 8 heteroatoms. The standard InChI is InChI=1S/C11H17N3O4S/c1-2-3-4-5-6-18-8(15)7-19-10-9(16)12-11(17)14-13-10/h2-7H2,1H3,(H2,12,14,16,17). The van der Waals surface area contributed by atoms with E-state index in [0.29, 0.717) is 6.61 Å². The number of hydrogen-bond donors (Lipinski definition) is 2. The van der Waals surface area contributed by atoms with Crippen LogP contribution >= 0.6 is 11.8 Å². The fraction of sp³-hybridized carbons (Fsp3) is 0.636. The molecule has 0 radical (unpaired) electrons. The van der Waals surface area contributed by atoms with E-state index in [2.05, 4.69) is 17.1 Å². The molecule has 0 fully saturated rings. The normalized spacial score (nSPS) is 10.4. The zero-order valence-corrected chi connectivity index (χ0v) is 11.5. The fourth-order valence-corrected chi connectivity index (χ4v) is 1.95. The minimum atomic E-state index is -0.673. The quantitative estimate of drug-likeness (QED) is 0.414. The Bertz CT molecular complexity index is 511. The van der Waals surface area contributed by atoms with Crippen LogP contribution < -0.4 is 11.2 Å². The van der Waals surface area contributed by atoms with Crippen molar-refractivity contribution in [2.45, 2.75) is 37.6 Å². The van der Waals surface area contributed by atoms with E-state index in [1.54, 1.807) is 0 Å². The summed E-state index contributed by atoms with van der Waals surface area (Å²) < 4.78 is 5.00. The number of nitrogens with zero attached hydrogens (tertiary/aromatic N) is 1. The Labute approximate surface area is 114 Å². The zero-order chi connectivity index (χ0) is 14.1. The second kappa shape index (κ2) is 8.52. The van der Waals surface area contributed by atoms with Crippen LogP contribution in [-0.2, 0) is 9.53 Å². The van der Waals surface area contributed by atoms with Gasteiger partial charge in [-0.15, -0.1) is 0 Å². The molecule has 7 nitrogen and oxygen atoms in total. The molecule has 0 atom stereocenters. The van der Waals surface area contributed by atoms with E-state index in [9.17, 15) is 14.4 Å². The number of esters is 1. The second-order valence-corrected chi connectivity index (χ2v) is 4.85. The topological polar surface area (TPSA) is 105 Å². The third-order valence-electron chi connectivity index (χ3n) is 2.27. The van der Waals surface area contributed by atoms with Crippen molar-refractivity contribution in [2.24, 2.45) is 0 Å². The Balaban J connectivity index is 2.26. The molecular formula is C11H17N3O4S. The summed E-state index contributed by atoms with van der Waals surface area (Å²) in [6.07, 6.45) is 4.15. The Morgan fingerprint density at radius 3 is 2.79 bits per heavy atom. The molecule has 0 saturated heterocycles. The molecule has 0 aliphatic carbocycles. The number of hydrogen-bond acceptors (Lipinski definition) is 6. The maximum Gasteiger partial charge on any atom is 0.342 e. The average Bonchev–Trinajstić information content (AvgIpc) is 2.37. The van der Waals surface area contributed by atoms with Gasteiger partial charge in [0.1, 0.15) is 0 Å². The molecule has 1 aromatic heterocycles. The van der Waals surface area contributed by atoms with Gasteiger partial charge in [-0.1, -0.05) is 37.9 Å². The molecule has 0 amide bonds. The van der Waals surface area contributed by atoms with Crippen molar-refractivity contribution >= 4 is 17.7 Å². The van der Waals surface area contributed by atoms with Crippen LogP contribution in [0, 0.1) is 0 Å². The van der Waals surface area contributed by atoms with Crippen LogP contribution in [0.1, 0.15) is 32.6 Å². The highest BCUT2D eigenvalue weighted by Gasteiger charge is 2.08. The van der Waals surface area contributed by atoms with Gasteiger partial charge in [0.25, 0.3) is 5.56 Å². The van der Waals surface area contributed by atoms with E-state index in [-0.39, 0.29) is 10.8 Å². The van der Waals surface area contributed by atoms with E-state index < -0.39 is 17.2 Å². The van der Waals surface area contributed by atoms with Crippen LogP contribution in [0.2, 0.25) is 0 Å². The number of nitrogens with one attached hydrogen (secondary N) is 2. The van der Waals surface area contributed by atoms with E-state index in [0.717, 1.165) is 37.4 Å². The smallest absolute Gasteiger partial charge is 0.342 e. The predicted octanol–water partition coefficient (Wildman–Crippen LogP) is 0.674. The first kappa shape index (κ1) is 15.5. The van der Waals surface area contributed by atoms with Gasteiger partial charge in [-0.2, -0.15) is 5.10 Å². The van der Waals surface area contributed by atoms with Gasteiger partial charge in [0, 0.05) is 0 Å². The summed E-state index contributed by atoms with van der Waals surface area (Å²) in [4.78, 5) is 35.4. The maximum absolute atomic E-state index is 11.4. The lowest BCUT2D eigenvalue weighted by molar-refractivity contribution is -0.140. The lowest BCUT2D eigenvalue weighted by atomic mass is 10.2. The third-order valence-corrected chi connectivity index (χ3v) is 3.20. The summed E-state index contributed by atoms with van der Waals surface area (Å²) in [6, 6.07) is 0. The molecule has 19 heavy (non-hydrogen) atoms. The third kappa shape index (κ3) is 6.23. The van der Waals surface area contributed by atoms with Gasteiger partial charge < -0.3 is 4.74 Å². The van der Waals surface area contributed by atoms with Crippen LogP contribution in [-0.4, -0.2) is 33.5 Å². The molecule has 0 aliphatic heterocycles. The molecule has 1 rings (SSSR count). The van der Waals surface area contributed by atoms with Gasteiger partial charge in [0.05, 0.1) is 12.4 Å². The van der Waals surface area contributed by atoms with Gasteiger partial charge in [-0.05, 0) is 6.42 Å². The van der Waals surface area contributed by atoms with Crippen molar-refractivity contribution < 1.29 is 9.53 Å². The predicted molar refractivity (Wildman–Crippen MR) is 71.3 cm³/mol. The zero-order valence-electron chi connectivity index (χ0n) is 10.7. The molecule has 2 N–H and O–H groups in total. The average molecular weight is 287 g/mol. The monoisotopic (exact) mass is 287 g/mol. The second-order valence-electron chi connectivity index (χ2n) is 3.88. The molecule has 0 saturated carbocycles. The molecule has 1 heterocycles. The number of carbonyl (C=O) groups is 1. The minimum absolute atomic E-state index is 0.00407. The molecule has 0 aliphatic rings. The number of carbonyl (C=O) groups excluding carboxylic acids is 1. The van der Waals surface area contributed by atoms with Crippen molar-refractivity contribution in [3.8, 4) is 0 Å². The molecule has 0 bridgehead atoms. The first-order chi connectivity index (χ1) is 9.13.